The van der Waals surface area contributed by atoms with Crippen LogP contribution in [0.15, 0.2) is 22.6 Å². The van der Waals surface area contributed by atoms with Crippen LogP contribution in [0.1, 0.15) is 30.3 Å². The molecule has 0 unspecified atom stereocenters. The van der Waals surface area contributed by atoms with Crippen LogP contribution >= 0.6 is 23.2 Å². The van der Waals surface area contributed by atoms with E-state index in [0.29, 0.717) is 27.8 Å². The fourth-order valence-corrected chi connectivity index (χ4v) is 2.11. The Morgan fingerprint density at radius 1 is 1.31 bits per heavy atom. The lowest BCUT2D eigenvalue weighted by Gasteiger charge is -1.93. The van der Waals surface area contributed by atoms with E-state index in [1.807, 2.05) is 6.92 Å². The first-order valence-electron chi connectivity index (χ1n) is 5.03. The van der Waals surface area contributed by atoms with Gasteiger partial charge in [-0.2, -0.15) is 0 Å². The molecular formula is C12H10Cl2O2. The predicted octanol–water partition coefficient (Wildman–Crippen LogP) is 4.72. The molecule has 0 bridgehead atoms. The van der Waals surface area contributed by atoms with E-state index in [1.54, 1.807) is 18.2 Å². The summed E-state index contributed by atoms with van der Waals surface area (Å²) in [5.41, 5.74) is 0.519. The molecule has 0 atom stereocenters. The monoisotopic (exact) mass is 256 g/mol. The van der Waals surface area contributed by atoms with E-state index in [4.69, 9.17) is 27.6 Å². The second-order valence-corrected chi connectivity index (χ2v) is 4.43. The van der Waals surface area contributed by atoms with Gasteiger partial charge in [0.05, 0.1) is 5.02 Å². The standard InChI is InChI=1S/C12H10Cl2O2/c1-2-3-10(15)11-5-7-4-8(13)6-9(14)12(7)16-11/h4-6H,2-3H2,1H3. The number of hydrogen-bond donors (Lipinski definition) is 0. The third-order valence-electron chi connectivity index (χ3n) is 2.29. The first-order valence-corrected chi connectivity index (χ1v) is 5.79. The van der Waals surface area contributed by atoms with E-state index in [2.05, 4.69) is 0 Å². The number of rotatable bonds is 3. The molecule has 2 aromatic rings. The van der Waals surface area contributed by atoms with Crippen molar-refractivity contribution in [3.05, 3.63) is 34.0 Å². The van der Waals surface area contributed by atoms with Crippen molar-refractivity contribution in [2.45, 2.75) is 19.8 Å². The van der Waals surface area contributed by atoms with E-state index in [9.17, 15) is 4.79 Å². The van der Waals surface area contributed by atoms with Gasteiger partial charge in [-0.25, -0.2) is 0 Å². The molecule has 0 saturated carbocycles. The normalized spacial score (nSPS) is 10.9. The molecule has 0 N–H and O–H groups in total. The van der Waals surface area contributed by atoms with Gasteiger partial charge in [0, 0.05) is 16.8 Å². The topological polar surface area (TPSA) is 30.2 Å². The van der Waals surface area contributed by atoms with Crippen LogP contribution in [0.5, 0.6) is 0 Å². The molecule has 84 valence electrons. The van der Waals surface area contributed by atoms with Gasteiger partial charge in [-0.15, -0.1) is 0 Å². The Kier molecular flexibility index (Phi) is 3.22. The molecule has 0 aliphatic rings. The van der Waals surface area contributed by atoms with Gasteiger partial charge in [0.2, 0.25) is 0 Å². The molecule has 0 spiro atoms. The van der Waals surface area contributed by atoms with Crippen LogP contribution < -0.4 is 0 Å². The maximum atomic E-state index is 11.6. The van der Waals surface area contributed by atoms with Gasteiger partial charge in [-0.1, -0.05) is 30.1 Å². The number of halogens is 2. The lowest BCUT2D eigenvalue weighted by molar-refractivity contribution is 0.0957. The zero-order chi connectivity index (χ0) is 11.7. The van der Waals surface area contributed by atoms with Gasteiger partial charge in [0.1, 0.15) is 0 Å². The zero-order valence-corrected chi connectivity index (χ0v) is 10.2. The molecule has 0 amide bonds. The smallest absolute Gasteiger partial charge is 0.198 e. The molecular weight excluding hydrogens is 247 g/mol. The van der Waals surface area contributed by atoms with E-state index in [1.165, 1.54) is 0 Å². The van der Waals surface area contributed by atoms with Gasteiger partial charge in [0.15, 0.2) is 17.1 Å². The second-order valence-electron chi connectivity index (χ2n) is 3.59. The first-order chi connectivity index (χ1) is 7.61. The molecule has 0 aliphatic carbocycles. The van der Waals surface area contributed by atoms with Gasteiger partial charge in [-0.05, 0) is 24.6 Å². The molecule has 1 aromatic carbocycles. The summed E-state index contributed by atoms with van der Waals surface area (Å²) in [4.78, 5) is 11.6. The molecule has 0 radical (unpaired) electrons. The van der Waals surface area contributed by atoms with Crippen molar-refractivity contribution in [2.75, 3.05) is 0 Å². The Balaban J connectivity index is 2.51. The number of Topliss-reactive ketones (excluding diaryl/α,β-unsaturated/α-hetero) is 1. The van der Waals surface area contributed by atoms with E-state index in [-0.39, 0.29) is 5.78 Å². The maximum absolute atomic E-state index is 11.6. The Labute approximate surface area is 103 Å². The van der Waals surface area contributed by atoms with Crippen molar-refractivity contribution in [2.24, 2.45) is 0 Å². The lowest BCUT2D eigenvalue weighted by atomic mass is 10.2. The van der Waals surface area contributed by atoms with Crippen molar-refractivity contribution in [3.8, 4) is 0 Å². The summed E-state index contributed by atoms with van der Waals surface area (Å²) in [5, 5.41) is 1.72. The molecule has 2 nitrogen and oxygen atoms in total. The Morgan fingerprint density at radius 2 is 2.06 bits per heavy atom. The highest BCUT2D eigenvalue weighted by molar-refractivity contribution is 6.38. The summed E-state index contributed by atoms with van der Waals surface area (Å²) in [7, 11) is 0. The highest BCUT2D eigenvalue weighted by atomic mass is 35.5. The molecule has 4 heteroatoms. The SMILES string of the molecule is CCCC(=O)c1cc2cc(Cl)cc(Cl)c2o1. The van der Waals surface area contributed by atoms with Crippen molar-refractivity contribution < 1.29 is 9.21 Å². The average Bonchev–Trinajstić information content (AvgIpc) is 2.62. The number of carbonyl (C=O) groups is 1. The molecule has 0 aliphatic heterocycles. The van der Waals surface area contributed by atoms with Crippen LogP contribution in [0.4, 0.5) is 0 Å². The molecule has 1 aromatic heterocycles. The summed E-state index contributed by atoms with van der Waals surface area (Å²) in [6, 6.07) is 5.02. The number of ketones is 1. The van der Waals surface area contributed by atoms with Crippen molar-refractivity contribution >= 4 is 40.0 Å². The third kappa shape index (κ3) is 2.08. The largest absolute Gasteiger partial charge is 0.451 e. The molecule has 2 rings (SSSR count). The van der Waals surface area contributed by atoms with Crippen LogP contribution in [-0.4, -0.2) is 5.78 Å². The fourth-order valence-electron chi connectivity index (χ4n) is 1.56. The van der Waals surface area contributed by atoms with Gasteiger partial charge in [0.25, 0.3) is 0 Å². The minimum atomic E-state index is -0.00844. The lowest BCUT2D eigenvalue weighted by Crippen LogP contribution is -1.94. The quantitative estimate of drug-likeness (QED) is 0.744. The number of carbonyl (C=O) groups excluding carboxylic acids is 1. The molecule has 0 fully saturated rings. The van der Waals surface area contributed by atoms with Crippen LogP contribution in [-0.2, 0) is 0 Å². The maximum Gasteiger partial charge on any atom is 0.198 e. The van der Waals surface area contributed by atoms with Crippen LogP contribution in [0.3, 0.4) is 0 Å². The minimum absolute atomic E-state index is 0.00844. The zero-order valence-electron chi connectivity index (χ0n) is 8.72. The molecule has 16 heavy (non-hydrogen) atoms. The van der Waals surface area contributed by atoms with Crippen LogP contribution in [0.2, 0.25) is 10.0 Å². The third-order valence-corrected chi connectivity index (χ3v) is 2.79. The van der Waals surface area contributed by atoms with Crippen LogP contribution in [0, 0.1) is 0 Å². The van der Waals surface area contributed by atoms with Crippen molar-refractivity contribution in [1.82, 2.24) is 0 Å². The summed E-state index contributed by atoms with van der Waals surface area (Å²) in [6.45, 7) is 1.95. The van der Waals surface area contributed by atoms with Crippen molar-refractivity contribution in [3.63, 3.8) is 0 Å². The number of benzene rings is 1. The van der Waals surface area contributed by atoms with E-state index in [0.717, 1.165) is 11.8 Å². The average molecular weight is 257 g/mol. The van der Waals surface area contributed by atoms with Gasteiger partial charge >= 0.3 is 0 Å². The van der Waals surface area contributed by atoms with Gasteiger partial charge < -0.3 is 4.42 Å². The highest BCUT2D eigenvalue weighted by Gasteiger charge is 2.13. The number of furan rings is 1. The summed E-state index contributed by atoms with van der Waals surface area (Å²) in [6.07, 6.45) is 1.27. The summed E-state index contributed by atoms with van der Waals surface area (Å²) in [5.74, 6) is 0.340. The second kappa shape index (κ2) is 4.48. The highest BCUT2D eigenvalue weighted by Crippen LogP contribution is 2.30. The number of hydrogen-bond acceptors (Lipinski definition) is 2. The Bertz CT molecular complexity index is 543. The summed E-state index contributed by atoms with van der Waals surface area (Å²) >= 11 is 11.8. The molecule has 0 saturated heterocycles. The van der Waals surface area contributed by atoms with Crippen LogP contribution in [0.25, 0.3) is 11.0 Å². The van der Waals surface area contributed by atoms with Crippen molar-refractivity contribution in [1.29, 1.82) is 0 Å². The summed E-state index contributed by atoms with van der Waals surface area (Å²) < 4.78 is 5.43. The first kappa shape index (κ1) is 11.5. The predicted molar refractivity (Wildman–Crippen MR) is 65.5 cm³/mol. The van der Waals surface area contributed by atoms with E-state index < -0.39 is 0 Å². The fraction of sp³-hybridized carbons (Fsp3) is 0.250. The van der Waals surface area contributed by atoms with Gasteiger partial charge in [-0.3, -0.25) is 4.79 Å². The number of fused-ring (bicyclic) bond motifs is 1. The Morgan fingerprint density at radius 3 is 2.75 bits per heavy atom. The van der Waals surface area contributed by atoms with E-state index >= 15 is 0 Å². The minimum Gasteiger partial charge on any atom is -0.451 e. The Hall–Kier alpha value is -0.990. The molecule has 1 heterocycles.